The van der Waals surface area contributed by atoms with Crippen LogP contribution in [-0.2, 0) is 0 Å². The van der Waals surface area contributed by atoms with Crippen LogP contribution in [0.5, 0.6) is 0 Å². The van der Waals surface area contributed by atoms with Crippen LogP contribution in [0.1, 0.15) is 36.0 Å². The molecule has 0 atom stereocenters. The monoisotopic (exact) mass is 293 g/mol. The van der Waals surface area contributed by atoms with Crippen LogP contribution < -0.4 is 5.73 Å². The molecule has 3 N–H and O–H groups in total. The van der Waals surface area contributed by atoms with E-state index in [0.717, 1.165) is 25.7 Å². The number of rotatable bonds is 5. The highest BCUT2D eigenvalue weighted by Gasteiger charge is 2.29. The molecule has 1 fully saturated rings. The Bertz CT molecular complexity index is 541. The predicted octanol–water partition coefficient (Wildman–Crippen LogP) is 1.55. The first-order chi connectivity index (χ1) is 10.1. The van der Waals surface area contributed by atoms with Crippen molar-refractivity contribution >= 4 is 17.3 Å². The Balaban J connectivity index is 2.32. The zero-order valence-electron chi connectivity index (χ0n) is 11.7. The molecule has 1 amide bonds. The second-order valence-corrected chi connectivity index (χ2v) is 5.16. The highest BCUT2D eigenvalue weighted by atomic mass is 16.6. The minimum Gasteiger partial charge on any atom is -0.395 e. The van der Waals surface area contributed by atoms with E-state index in [9.17, 15) is 20.0 Å². The summed E-state index contributed by atoms with van der Waals surface area (Å²) in [5.74, 6) is -0.350. The van der Waals surface area contributed by atoms with Gasteiger partial charge in [0.25, 0.3) is 11.6 Å². The summed E-state index contributed by atoms with van der Waals surface area (Å²) in [5.41, 5.74) is 5.51. The van der Waals surface area contributed by atoms with Crippen LogP contribution in [0.2, 0.25) is 0 Å². The number of nitro groups is 1. The fourth-order valence-electron chi connectivity index (χ4n) is 2.83. The van der Waals surface area contributed by atoms with E-state index in [1.165, 1.54) is 18.2 Å². The van der Waals surface area contributed by atoms with Crippen molar-refractivity contribution in [1.82, 2.24) is 4.90 Å². The number of anilines is 1. The summed E-state index contributed by atoms with van der Waals surface area (Å²) in [7, 11) is 0. The third kappa shape index (κ3) is 3.13. The summed E-state index contributed by atoms with van der Waals surface area (Å²) >= 11 is 0. The summed E-state index contributed by atoms with van der Waals surface area (Å²) in [6.45, 7) is 0.0721. The molecule has 114 valence electrons. The molecule has 0 aromatic heterocycles. The molecule has 0 unspecified atom stereocenters. The number of aliphatic hydroxyl groups excluding tert-OH is 1. The van der Waals surface area contributed by atoms with E-state index in [1.807, 2.05) is 0 Å². The molecule has 21 heavy (non-hydrogen) atoms. The number of para-hydroxylation sites is 1. The summed E-state index contributed by atoms with van der Waals surface area (Å²) in [6.07, 6.45) is 3.87. The molecule has 0 saturated heterocycles. The molecule has 0 spiro atoms. The first kappa shape index (κ1) is 15.2. The van der Waals surface area contributed by atoms with Crippen molar-refractivity contribution in [1.29, 1.82) is 0 Å². The van der Waals surface area contributed by atoms with Crippen LogP contribution in [0, 0.1) is 10.1 Å². The molecular weight excluding hydrogens is 274 g/mol. The van der Waals surface area contributed by atoms with Crippen molar-refractivity contribution in [3.63, 3.8) is 0 Å². The summed E-state index contributed by atoms with van der Waals surface area (Å²) in [4.78, 5) is 24.5. The third-order valence-electron chi connectivity index (χ3n) is 3.88. The maximum Gasteiger partial charge on any atom is 0.292 e. The molecule has 0 radical (unpaired) electrons. The molecule has 1 aliphatic carbocycles. The number of hydrogen-bond donors (Lipinski definition) is 2. The van der Waals surface area contributed by atoms with Gasteiger partial charge in [-0.3, -0.25) is 14.9 Å². The number of nitrogens with zero attached hydrogens (tertiary/aromatic N) is 2. The van der Waals surface area contributed by atoms with Crippen LogP contribution in [0.15, 0.2) is 18.2 Å². The average Bonchev–Trinajstić information content (AvgIpc) is 2.98. The van der Waals surface area contributed by atoms with Gasteiger partial charge in [-0.2, -0.15) is 0 Å². The van der Waals surface area contributed by atoms with E-state index in [0.29, 0.717) is 0 Å². The molecule has 7 nitrogen and oxygen atoms in total. The van der Waals surface area contributed by atoms with Crippen molar-refractivity contribution in [2.24, 2.45) is 0 Å². The highest BCUT2D eigenvalue weighted by molar-refractivity contribution is 6.01. The van der Waals surface area contributed by atoms with Gasteiger partial charge in [0.2, 0.25) is 0 Å². The summed E-state index contributed by atoms with van der Waals surface area (Å²) in [6, 6.07) is 4.29. The lowest BCUT2D eigenvalue weighted by Crippen LogP contribution is -2.41. The molecule has 2 rings (SSSR count). The van der Waals surface area contributed by atoms with Crippen molar-refractivity contribution in [3.05, 3.63) is 33.9 Å². The summed E-state index contributed by atoms with van der Waals surface area (Å²) in [5, 5.41) is 20.1. The van der Waals surface area contributed by atoms with Crippen molar-refractivity contribution in [2.45, 2.75) is 31.7 Å². The second-order valence-electron chi connectivity index (χ2n) is 5.16. The van der Waals surface area contributed by atoms with E-state index in [-0.39, 0.29) is 42.0 Å². The molecule has 0 heterocycles. The Morgan fingerprint density at radius 1 is 1.43 bits per heavy atom. The van der Waals surface area contributed by atoms with E-state index in [1.54, 1.807) is 4.90 Å². The van der Waals surface area contributed by atoms with Gasteiger partial charge in [-0.05, 0) is 18.9 Å². The zero-order valence-corrected chi connectivity index (χ0v) is 11.7. The van der Waals surface area contributed by atoms with Gasteiger partial charge in [-0.1, -0.05) is 18.9 Å². The van der Waals surface area contributed by atoms with Crippen molar-refractivity contribution in [2.75, 3.05) is 18.9 Å². The lowest BCUT2D eigenvalue weighted by atomic mass is 10.1. The fraction of sp³-hybridized carbons (Fsp3) is 0.500. The number of nitrogens with two attached hydrogens (primary N) is 1. The second kappa shape index (κ2) is 6.53. The molecule has 1 aromatic carbocycles. The molecule has 0 aliphatic heterocycles. The van der Waals surface area contributed by atoms with E-state index < -0.39 is 4.92 Å². The van der Waals surface area contributed by atoms with Gasteiger partial charge in [0.15, 0.2) is 0 Å². The fourth-order valence-corrected chi connectivity index (χ4v) is 2.83. The van der Waals surface area contributed by atoms with Gasteiger partial charge < -0.3 is 15.7 Å². The molecule has 7 heteroatoms. The predicted molar refractivity (Wildman–Crippen MR) is 77.9 cm³/mol. The van der Waals surface area contributed by atoms with Gasteiger partial charge in [-0.25, -0.2) is 0 Å². The normalized spacial score (nSPS) is 15.1. The van der Waals surface area contributed by atoms with E-state index >= 15 is 0 Å². The number of amides is 1. The van der Waals surface area contributed by atoms with Crippen LogP contribution >= 0.6 is 0 Å². The molecular formula is C14H19N3O4. The zero-order chi connectivity index (χ0) is 15.4. The van der Waals surface area contributed by atoms with Crippen molar-refractivity contribution in [3.8, 4) is 0 Å². The smallest absolute Gasteiger partial charge is 0.292 e. The van der Waals surface area contributed by atoms with Gasteiger partial charge in [0.1, 0.15) is 5.69 Å². The molecule has 0 bridgehead atoms. The number of carbonyl (C=O) groups excluding carboxylic acids is 1. The Morgan fingerprint density at radius 3 is 2.67 bits per heavy atom. The number of nitro benzene ring substituents is 1. The Labute approximate surface area is 122 Å². The lowest BCUT2D eigenvalue weighted by Gasteiger charge is -2.28. The van der Waals surface area contributed by atoms with Crippen LogP contribution in [0.4, 0.5) is 11.4 Å². The number of carbonyl (C=O) groups is 1. The maximum atomic E-state index is 12.6. The Hall–Kier alpha value is -2.15. The van der Waals surface area contributed by atoms with Crippen LogP contribution in [-0.4, -0.2) is 40.0 Å². The number of nitrogen functional groups attached to an aromatic ring is 1. The standard InChI is InChI=1S/C14H19N3O4/c15-13-11(6-3-7-12(13)17(20)21)14(19)16(8-9-18)10-4-1-2-5-10/h3,6-7,10,18H,1-2,4-5,8-9,15H2. The SMILES string of the molecule is Nc1c(C(=O)N(CCO)C2CCCC2)cccc1[N+](=O)[O-]. The molecule has 1 saturated carbocycles. The van der Waals surface area contributed by atoms with Crippen LogP contribution in [0.3, 0.4) is 0 Å². The summed E-state index contributed by atoms with van der Waals surface area (Å²) < 4.78 is 0. The van der Waals surface area contributed by atoms with E-state index in [4.69, 9.17) is 5.73 Å². The number of hydrogen-bond acceptors (Lipinski definition) is 5. The molecule has 1 aromatic rings. The van der Waals surface area contributed by atoms with E-state index in [2.05, 4.69) is 0 Å². The molecule has 1 aliphatic rings. The lowest BCUT2D eigenvalue weighted by molar-refractivity contribution is -0.383. The quantitative estimate of drug-likeness (QED) is 0.486. The Morgan fingerprint density at radius 2 is 2.10 bits per heavy atom. The largest absolute Gasteiger partial charge is 0.395 e. The van der Waals surface area contributed by atoms with Crippen molar-refractivity contribution < 1.29 is 14.8 Å². The minimum atomic E-state index is -0.599. The van der Waals surface area contributed by atoms with Gasteiger partial charge >= 0.3 is 0 Å². The topological polar surface area (TPSA) is 110 Å². The Kier molecular flexibility index (Phi) is 4.74. The average molecular weight is 293 g/mol. The first-order valence-electron chi connectivity index (χ1n) is 7.01. The third-order valence-corrected chi connectivity index (χ3v) is 3.88. The van der Waals surface area contributed by atoms with Gasteiger partial charge in [0.05, 0.1) is 17.1 Å². The van der Waals surface area contributed by atoms with Gasteiger partial charge in [-0.15, -0.1) is 0 Å². The number of benzene rings is 1. The minimum absolute atomic E-state index is 0.0725. The first-order valence-corrected chi connectivity index (χ1v) is 7.01. The number of aliphatic hydroxyl groups is 1. The van der Waals surface area contributed by atoms with Gasteiger partial charge in [0, 0.05) is 18.7 Å². The highest BCUT2D eigenvalue weighted by Crippen LogP contribution is 2.29. The van der Waals surface area contributed by atoms with Crippen LogP contribution in [0.25, 0.3) is 0 Å². The maximum absolute atomic E-state index is 12.6.